The summed E-state index contributed by atoms with van der Waals surface area (Å²) in [7, 11) is 0. The van der Waals surface area contributed by atoms with Gasteiger partial charge in [0.25, 0.3) is 5.56 Å². The lowest BCUT2D eigenvalue weighted by Gasteiger charge is -2.16. The number of hydrogen-bond acceptors (Lipinski definition) is 5. The van der Waals surface area contributed by atoms with Gasteiger partial charge in [-0.05, 0) is 24.6 Å². The van der Waals surface area contributed by atoms with Gasteiger partial charge in [0.1, 0.15) is 12.3 Å². The molecule has 2 N–H and O–H groups in total. The molecular formula is C25H19F4N3O3. The molecule has 35 heavy (non-hydrogen) atoms. The predicted octanol–water partition coefficient (Wildman–Crippen LogP) is 5.65. The third-order valence-corrected chi connectivity index (χ3v) is 5.14. The highest BCUT2D eigenvalue weighted by Gasteiger charge is 2.34. The SMILES string of the molecule is Cc1c(C(F)(F)F)cnn(-c2cc(Oc3ccccc3OCc3ccccc3)c(N)cc2F)c1=O. The summed E-state index contributed by atoms with van der Waals surface area (Å²) < 4.78 is 66.2. The van der Waals surface area contributed by atoms with Crippen LogP contribution in [0.4, 0.5) is 23.2 Å². The summed E-state index contributed by atoms with van der Waals surface area (Å²) >= 11 is 0. The Hall–Kier alpha value is -4.34. The molecule has 0 bridgehead atoms. The summed E-state index contributed by atoms with van der Waals surface area (Å²) in [5.74, 6) is -0.362. The summed E-state index contributed by atoms with van der Waals surface area (Å²) in [6.07, 6.45) is -4.30. The molecule has 4 aromatic rings. The zero-order valence-corrected chi connectivity index (χ0v) is 18.3. The standard InChI is InChI=1S/C25H19F4N3O3/c1-15-17(25(27,28)29)13-31-32(24(15)33)20-12-23(19(30)11-18(20)26)35-22-10-6-5-9-21(22)34-14-16-7-3-2-4-8-16/h2-13H,14,30H2,1H3. The van der Waals surface area contributed by atoms with E-state index < -0.39 is 34.4 Å². The molecule has 3 aromatic carbocycles. The van der Waals surface area contributed by atoms with Crippen LogP contribution in [0.1, 0.15) is 16.7 Å². The van der Waals surface area contributed by atoms with E-state index in [0.29, 0.717) is 16.6 Å². The molecule has 0 amide bonds. The van der Waals surface area contributed by atoms with E-state index >= 15 is 0 Å². The van der Waals surface area contributed by atoms with E-state index in [1.165, 1.54) is 0 Å². The van der Waals surface area contributed by atoms with E-state index in [4.69, 9.17) is 15.2 Å². The predicted molar refractivity (Wildman–Crippen MR) is 121 cm³/mol. The highest BCUT2D eigenvalue weighted by Crippen LogP contribution is 2.36. The van der Waals surface area contributed by atoms with Gasteiger partial charge < -0.3 is 15.2 Å². The number of para-hydroxylation sites is 2. The first-order valence-corrected chi connectivity index (χ1v) is 10.3. The lowest BCUT2D eigenvalue weighted by atomic mass is 10.2. The number of aromatic nitrogens is 2. The second-order valence-electron chi connectivity index (χ2n) is 7.56. The average molecular weight is 485 g/mol. The number of alkyl halides is 3. The maximum absolute atomic E-state index is 14.7. The molecule has 0 saturated carbocycles. The van der Waals surface area contributed by atoms with Crippen molar-refractivity contribution in [2.75, 3.05) is 5.73 Å². The number of nitrogen functional groups attached to an aromatic ring is 1. The molecule has 1 aromatic heterocycles. The topological polar surface area (TPSA) is 79.4 Å². The molecule has 4 rings (SSSR count). The Bertz CT molecular complexity index is 1420. The summed E-state index contributed by atoms with van der Waals surface area (Å²) in [5.41, 5.74) is 3.39. The zero-order valence-electron chi connectivity index (χ0n) is 18.3. The molecule has 0 fully saturated rings. The van der Waals surface area contributed by atoms with Gasteiger partial charge in [0.2, 0.25) is 0 Å². The van der Waals surface area contributed by atoms with Crippen molar-refractivity contribution in [1.29, 1.82) is 0 Å². The average Bonchev–Trinajstić information content (AvgIpc) is 2.82. The van der Waals surface area contributed by atoms with Crippen molar-refractivity contribution in [3.63, 3.8) is 0 Å². The third-order valence-electron chi connectivity index (χ3n) is 5.14. The van der Waals surface area contributed by atoms with Crippen LogP contribution in [0.25, 0.3) is 5.69 Å². The number of anilines is 1. The molecule has 0 spiro atoms. The molecule has 0 unspecified atom stereocenters. The van der Waals surface area contributed by atoms with Crippen LogP contribution in [-0.4, -0.2) is 9.78 Å². The summed E-state index contributed by atoms with van der Waals surface area (Å²) in [6.45, 7) is 1.26. The molecule has 0 aliphatic carbocycles. The maximum atomic E-state index is 14.7. The number of halogens is 4. The summed E-state index contributed by atoms with van der Waals surface area (Å²) in [5, 5.41) is 3.52. The first kappa shape index (κ1) is 23.8. The second kappa shape index (κ2) is 9.49. The fourth-order valence-corrected chi connectivity index (χ4v) is 3.31. The smallest absolute Gasteiger partial charge is 0.418 e. The van der Waals surface area contributed by atoms with Crippen LogP contribution >= 0.6 is 0 Å². The number of nitrogens with zero attached hydrogens (tertiary/aromatic N) is 2. The molecule has 1 heterocycles. The van der Waals surface area contributed by atoms with Gasteiger partial charge in [-0.2, -0.15) is 23.0 Å². The van der Waals surface area contributed by atoms with Crippen LogP contribution in [0, 0.1) is 12.7 Å². The van der Waals surface area contributed by atoms with Gasteiger partial charge >= 0.3 is 6.18 Å². The van der Waals surface area contributed by atoms with E-state index in [1.807, 2.05) is 30.3 Å². The van der Waals surface area contributed by atoms with Crippen LogP contribution < -0.4 is 20.8 Å². The van der Waals surface area contributed by atoms with Crippen LogP contribution in [0.15, 0.2) is 77.7 Å². The zero-order chi connectivity index (χ0) is 25.2. The van der Waals surface area contributed by atoms with Crippen molar-refractivity contribution in [2.45, 2.75) is 19.7 Å². The van der Waals surface area contributed by atoms with Gasteiger partial charge in [0.05, 0.1) is 17.4 Å². The van der Waals surface area contributed by atoms with Crippen molar-refractivity contribution in [1.82, 2.24) is 9.78 Å². The first-order chi connectivity index (χ1) is 16.6. The number of nitrogens with two attached hydrogens (primary N) is 1. The van der Waals surface area contributed by atoms with Gasteiger partial charge in [-0.25, -0.2) is 4.39 Å². The van der Waals surface area contributed by atoms with Gasteiger partial charge in [0, 0.05) is 17.7 Å². The largest absolute Gasteiger partial charge is 0.485 e. The fraction of sp³-hybridized carbons (Fsp3) is 0.120. The molecule has 10 heteroatoms. The summed E-state index contributed by atoms with van der Waals surface area (Å²) in [4.78, 5) is 12.6. The Morgan fingerprint density at radius 3 is 2.31 bits per heavy atom. The minimum atomic E-state index is -4.77. The number of hydrogen-bond donors (Lipinski definition) is 1. The molecule has 180 valence electrons. The Kier molecular flexibility index (Phi) is 6.46. The normalized spacial score (nSPS) is 11.3. The Labute approximate surface area is 197 Å². The minimum Gasteiger partial charge on any atom is -0.485 e. The molecular weight excluding hydrogens is 466 g/mol. The lowest BCUT2D eigenvalue weighted by Crippen LogP contribution is -2.28. The van der Waals surface area contributed by atoms with Gasteiger partial charge in [-0.1, -0.05) is 42.5 Å². The van der Waals surface area contributed by atoms with E-state index in [-0.39, 0.29) is 23.8 Å². The van der Waals surface area contributed by atoms with Gasteiger partial charge in [0.15, 0.2) is 23.1 Å². The lowest BCUT2D eigenvalue weighted by molar-refractivity contribution is -0.138. The second-order valence-corrected chi connectivity index (χ2v) is 7.56. The Morgan fingerprint density at radius 2 is 1.63 bits per heavy atom. The quantitative estimate of drug-likeness (QED) is 0.282. The van der Waals surface area contributed by atoms with Crippen LogP contribution in [-0.2, 0) is 12.8 Å². The maximum Gasteiger partial charge on any atom is 0.418 e. The van der Waals surface area contributed by atoms with Crippen LogP contribution in [0.3, 0.4) is 0 Å². The first-order valence-electron chi connectivity index (χ1n) is 10.3. The van der Waals surface area contributed by atoms with Crippen LogP contribution in [0.5, 0.6) is 17.2 Å². The minimum absolute atomic E-state index is 0.0385. The molecule has 0 atom stereocenters. The molecule has 0 aliphatic heterocycles. The van der Waals surface area contributed by atoms with Crippen LogP contribution in [0.2, 0.25) is 0 Å². The van der Waals surface area contributed by atoms with Crippen molar-refractivity contribution in [3.8, 4) is 22.9 Å². The molecule has 0 saturated heterocycles. The highest BCUT2D eigenvalue weighted by atomic mass is 19.4. The van der Waals surface area contributed by atoms with E-state index in [1.54, 1.807) is 24.3 Å². The van der Waals surface area contributed by atoms with Crippen molar-refractivity contribution in [3.05, 3.63) is 106 Å². The van der Waals surface area contributed by atoms with Gasteiger partial charge in [-0.3, -0.25) is 4.79 Å². The number of ether oxygens (including phenoxy) is 2. The molecule has 0 radical (unpaired) electrons. The Morgan fingerprint density at radius 1 is 0.971 bits per heavy atom. The van der Waals surface area contributed by atoms with E-state index in [2.05, 4.69) is 5.10 Å². The number of benzene rings is 3. The fourth-order valence-electron chi connectivity index (χ4n) is 3.31. The monoisotopic (exact) mass is 485 g/mol. The van der Waals surface area contributed by atoms with Crippen molar-refractivity contribution in [2.24, 2.45) is 0 Å². The summed E-state index contributed by atoms with van der Waals surface area (Å²) in [6, 6.07) is 18.1. The van der Waals surface area contributed by atoms with Gasteiger partial charge in [-0.15, -0.1) is 0 Å². The van der Waals surface area contributed by atoms with Crippen molar-refractivity contribution < 1.29 is 27.0 Å². The van der Waals surface area contributed by atoms with Crippen molar-refractivity contribution >= 4 is 5.69 Å². The van der Waals surface area contributed by atoms with E-state index in [0.717, 1.165) is 24.6 Å². The molecule has 6 nitrogen and oxygen atoms in total. The van der Waals surface area contributed by atoms with E-state index in [9.17, 15) is 22.4 Å². The Balaban J connectivity index is 1.68. The number of rotatable bonds is 6. The third kappa shape index (κ3) is 5.11. The highest BCUT2D eigenvalue weighted by molar-refractivity contribution is 5.60. The molecule has 0 aliphatic rings.